The number of aliphatic hydroxyl groups excluding tert-OH is 1. The molecule has 2 rings (SSSR count). The monoisotopic (exact) mass is 268 g/mol. The Labute approximate surface area is 119 Å². The van der Waals surface area contributed by atoms with Gasteiger partial charge in [0.25, 0.3) is 0 Å². The summed E-state index contributed by atoms with van der Waals surface area (Å²) in [5.74, 6) is 0. The Morgan fingerprint density at radius 1 is 1.21 bits per heavy atom. The predicted molar refractivity (Wildman–Crippen MR) is 80.3 cm³/mol. The van der Waals surface area contributed by atoms with Gasteiger partial charge in [-0.15, -0.1) is 0 Å². The van der Waals surface area contributed by atoms with E-state index in [2.05, 4.69) is 37.6 Å². The molecule has 1 saturated carbocycles. The normalized spacial score (nSPS) is 38.1. The Hall–Kier alpha value is -0.120. The fourth-order valence-corrected chi connectivity index (χ4v) is 4.00. The van der Waals surface area contributed by atoms with Gasteiger partial charge in [-0.05, 0) is 44.7 Å². The first-order chi connectivity index (χ1) is 8.95. The largest absolute Gasteiger partial charge is 0.391 e. The fraction of sp³-hybridized carbons (Fsp3) is 1.00. The van der Waals surface area contributed by atoms with Gasteiger partial charge in [0.1, 0.15) is 0 Å². The van der Waals surface area contributed by atoms with E-state index in [0.29, 0.717) is 12.1 Å². The van der Waals surface area contributed by atoms with Crippen LogP contribution >= 0.6 is 0 Å². The molecular weight excluding hydrogens is 236 g/mol. The van der Waals surface area contributed by atoms with E-state index in [0.717, 1.165) is 19.5 Å². The van der Waals surface area contributed by atoms with Crippen LogP contribution in [-0.2, 0) is 0 Å². The maximum atomic E-state index is 10.8. The van der Waals surface area contributed by atoms with Crippen LogP contribution in [0.25, 0.3) is 0 Å². The molecule has 112 valence electrons. The number of hydrogen-bond donors (Lipinski definition) is 1. The second-order valence-corrected chi connectivity index (χ2v) is 7.31. The van der Waals surface area contributed by atoms with Gasteiger partial charge in [0.15, 0.2) is 0 Å². The van der Waals surface area contributed by atoms with E-state index in [1.165, 1.54) is 32.2 Å². The van der Waals surface area contributed by atoms with Crippen LogP contribution in [0.5, 0.6) is 0 Å². The van der Waals surface area contributed by atoms with Gasteiger partial charge in [-0.1, -0.05) is 27.2 Å². The topological polar surface area (TPSA) is 26.7 Å². The molecule has 2 fully saturated rings. The third-order valence-corrected chi connectivity index (χ3v) is 5.33. The van der Waals surface area contributed by atoms with E-state index in [-0.39, 0.29) is 11.5 Å². The van der Waals surface area contributed by atoms with Gasteiger partial charge in [0.2, 0.25) is 0 Å². The smallest absolute Gasteiger partial charge is 0.0746 e. The van der Waals surface area contributed by atoms with Crippen molar-refractivity contribution in [2.45, 2.75) is 71.1 Å². The predicted octanol–water partition coefficient (Wildman–Crippen LogP) is 2.34. The van der Waals surface area contributed by atoms with Crippen LogP contribution in [0.1, 0.15) is 52.9 Å². The maximum Gasteiger partial charge on any atom is 0.0746 e. The first kappa shape index (κ1) is 15.3. The molecule has 1 aliphatic carbocycles. The molecule has 3 heteroatoms. The number of aliphatic hydroxyl groups is 1. The summed E-state index contributed by atoms with van der Waals surface area (Å²) in [4.78, 5) is 5.09. The molecule has 3 atom stereocenters. The van der Waals surface area contributed by atoms with E-state index < -0.39 is 0 Å². The summed E-state index contributed by atoms with van der Waals surface area (Å²) in [6.07, 6.45) is 5.85. The molecule has 3 unspecified atom stereocenters. The van der Waals surface area contributed by atoms with Gasteiger partial charge in [-0.25, -0.2) is 0 Å². The molecule has 0 spiro atoms. The molecule has 1 heterocycles. The highest BCUT2D eigenvalue weighted by Crippen LogP contribution is 2.38. The highest BCUT2D eigenvalue weighted by atomic mass is 16.3. The van der Waals surface area contributed by atoms with Crippen LogP contribution in [0.2, 0.25) is 0 Å². The summed E-state index contributed by atoms with van der Waals surface area (Å²) in [6, 6.07) is 0.987. The highest BCUT2D eigenvalue weighted by molar-refractivity contribution is 4.96. The van der Waals surface area contributed by atoms with Gasteiger partial charge in [-0.3, -0.25) is 4.90 Å². The number of likely N-dealkylation sites (N-methyl/N-ethyl adjacent to an activating group) is 1. The lowest BCUT2D eigenvalue weighted by molar-refractivity contribution is -0.0687. The zero-order chi connectivity index (χ0) is 14.0. The van der Waals surface area contributed by atoms with Crippen molar-refractivity contribution < 1.29 is 5.11 Å². The summed E-state index contributed by atoms with van der Waals surface area (Å²) in [5.41, 5.74) is 0.0828. The molecule has 0 bridgehead atoms. The summed E-state index contributed by atoms with van der Waals surface area (Å²) < 4.78 is 0. The summed E-state index contributed by atoms with van der Waals surface area (Å²) in [7, 11) is 2.23. The lowest BCUT2D eigenvalue weighted by Crippen LogP contribution is -2.56. The standard InChI is InChI=1S/C16H32N2O/c1-5-13-12-17(4)10-7-11-18(13)14-8-6-9-16(2,3)15(14)19/h13-15,19H,5-12H2,1-4H3. The quantitative estimate of drug-likeness (QED) is 0.833. The Morgan fingerprint density at radius 2 is 1.95 bits per heavy atom. The second-order valence-electron chi connectivity index (χ2n) is 7.31. The molecule has 3 nitrogen and oxygen atoms in total. The Kier molecular flexibility index (Phi) is 4.91. The van der Waals surface area contributed by atoms with E-state index in [1.807, 2.05) is 0 Å². The summed E-state index contributed by atoms with van der Waals surface area (Å²) in [5, 5.41) is 10.8. The van der Waals surface area contributed by atoms with Crippen LogP contribution in [-0.4, -0.2) is 59.8 Å². The maximum absolute atomic E-state index is 10.8. The molecule has 1 aliphatic heterocycles. The molecule has 0 amide bonds. The van der Waals surface area contributed by atoms with E-state index in [9.17, 15) is 5.11 Å². The van der Waals surface area contributed by atoms with Crippen molar-refractivity contribution in [1.82, 2.24) is 9.80 Å². The molecule has 1 N–H and O–H groups in total. The minimum atomic E-state index is -0.168. The minimum absolute atomic E-state index is 0.0828. The number of nitrogens with zero attached hydrogens (tertiary/aromatic N) is 2. The van der Waals surface area contributed by atoms with Crippen LogP contribution in [0.15, 0.2) is 0 Å². The highest BCUT2D eigenvalue weighted by Gasteiger charge is 2.42. The summed E-state index contributed by atoms with van der Waals surface area (Å²) >= 11 is 0. The summed E-state index contributed by atoms with van der Waals surface area (Å²) in [6.45, 7) is 10.3. The van der Waals surface area contributed by atoms with Crippen molar-refractivity contribution in [2.24, 2.45) is 5.41 Å². The van der Waals surface area contributed by atoms with Gasteiger partial charge in [0.05, 0.1) is 6.10 Å². The van der Waals surface area contributed by atoms with Crippen molar-refractivity contribution in [3.05, 3.63) is 0 Å². The van der Waals surface area contributed by atoms with Crippen molar-refractivity contribution in [3.63, 3.8) is 0 Å². The van der Waals surface area contributed by atoms with Crippen LogP contribution in [0.4, 0.5) is 0 Å². The Bertz CT molecular complexity index is 292. The zero-order valence-electron chi connectivity index (χ0n) is 13.2. The molecule has 0 radical (unpaired) electrons. The lowest BCUT2D eigenvalue weighted by atomic mass is 9.72. The Morgan fingerprint density at radius 3 is 2.63 bits per heavy atom. The molecule has 0 aromatic heterocycles. The van der Waals surface area contributed by atoms with E-state index >= 15 is 0 Å². The molecule has 2 aliphatic rings. The number of hydrogen-bond acceptors (Lipinski definition) is 3. The molecule has 19 heavy (non-hydrogen) atoms. The van der Waals surface area contributed by atoms with Crippen LogP contribution < -0.4 is 0 Å². The van der Waals surface area contributed by atoms with Crippen molar-refractivity contribution in [1.29, 1.82) is 0 Å². The van der Waals surface area contributed by atoms with Gasteiger partial charge >= 0.3 is 0 Å². The first-order valence-electron chi connectivity index (χ1n) is 8.08. The van der Waals surface area contributed by atoms with Gasteiger partial charge in [-0.2, -0.15) is 0 Å². The Balaban J connectivity index is 2.13. The molecule has 0 aromatic carbocycles. The van der Waals surface area contributed by atoms with Crippen molar-refractivity contribution in [3.8, 4) is 0 Å². The molecular formula is C16H32N2O. The minimum Gasteiger partial charge on any atom is -0.391 e. The SMILES string of the molecule is CCC1CN(C)CCCN1C1CCCC(C)(C)C1O. The van der Waals surface area contributed by atoms with Crippen LogP contribution in [0, 0.1) is 5.41 Å². The van der Waals surface area contributed by atoms with Crippen molar-refractivity contribution in [2.75, 3.05) is 26.7 Å². The van der Waals surface area contributed by atoms with E-state index in [1.54, 1.807) is 0 Å². The zero-order valence-corrected chi connectivity index (χ0v) is 13.2. The number of rotatable bonds is 2. The van der Waals surface area contributed by atoms with Gasteiger partial charge in [0, 0.05) is 25.2 Å². The lowest BCUT2D eigenvalue weighted by Gasteiger charge is -2.47. The van der Waals surface area contributed by atoms with Gasteiger partial charge < -0.3 is 10.0 Å². The third kappa shape index (κ3) is 3.32. The average Bonchev–Trinajstić information content (AvgIpc) is 2.54. The first-order valence-corrected chi connectivity index (χ1v) is 8.08. The van der Waals surface area contributed by atoms with Crippen molar-refractivity contribution >= 4 is 0 Å². The fourth-order valence-electron chi connectivity index (χ4n) is 4.00. The second kappa shape index (κ2) is 6.11. The third-order valence-electron chi connectivity index (χ3n) is 5.33. The molecule has 0 aromatic rings. The molecule has 1 saturated heterocycles. The van der Waals surface area contributed by atoms with Crippen LogP contribution in [0.3, 0.4) is 0 Å². The van der Waals surface area contributed by atoms with E-state index in [4.69, 9.17) is 0 Å². The average molecular weight is 268 g/mol.